The third-order valence-corrected chi connectivity index (χ3v) is 6.31. The van der Waals surface area contributed by atoms with Gasteiger partial charge < -0.3 is 0 Å². The van der Waals surface area contributed by atoms with E-state index in [1.54, 1.807) is 4.88 Å². The quantitative estimate of drug-likeness (QED) is 0.491. The van der Waals surface area contributed by atoms with E-state index in [1.807, 2.05) is 23.5 Å². The molecule has 0 nitrogen and oxygen atoms in total. The van der Waals surface area contributed by atoms with Crippen LogP contribution in [0.2, 0.25) is 0 Å². The smallest absolute Gasteiger partial charge is 0.123 e. The number of rotatable bonds is 2. The molecule has 0 amide bonds. The first-order chi connectivity index (χ1) is 9.24. The first-order valence-electron chi connectivity index (χ1n) is 6.75. The number of halogens is 2. The van der Waals surface area contributed by atoms with Crippen molar-refractivity contribution in [3.8, 4) is 0 Å². The third kappa shape index (κ3) is 2.92. The van der Waals surface area contributed by atoms with Crippen molar-refractivity contribution in [3.05, 3.63) is 57.0 Å². The Morgan fingerprint density at radius 3 is 2.58 bits per heavy atom. The fourth-order valence-electron chi connectivity index (χ4n) is 2.61. The van der Waals surface area contributed by atoms with E-state index in [0.29, 0.717) is 0 Å². The predicted octanol–water partition coefficient (Wildman–Crippen LogP) is 5.64. The monoisotopic (exact) mass is 338 g/mol. The van der Waals surface area contributed by atoms with Crippen LogP contribution in [0.25, 0.3) is 0 Å². The number of hydrogen-bond acceptors (Lipinski definition) is 1. The lowest BCUT2D eigenvalue weighted by Crippen LogP contribution is -1.90. The second-order valence-corrected chi connectivity index (χ2v) is 7.16. The summed E-state index contributed by atoms with van der Waals surface area (Å²) in [5.41, 5.74) is 2.65. The van der Waals surface area contributed by atoms with Crippen LogP contribution in [-0.4, -0.2) is 0 Å². The molecule has 1 aliphatic rings. The predicted molar refractivity (Wildman–Crippen MR) is 82.7 cm³/mol. The lowest BCUT2D eigenvalue weighted by Gasteiger charge is -2.07. The van der Waals surface area contributed by atoms with Crippen LogP contribution in [0.15, 0.2) is 30.3 Å². The van der Waals surface area contributed by atoms with Crippen molar-refractivity contribution in [2.45, 2.75) is 36.9 Å². The van der Waals surface area contributed by atoms with E-state index in [1.165, 1.54) is 54.7 Å². The summed E-state index contributed by atoms with van der Waals surface area (Å²) in [7, 11) is 0. The molecule has 1 aromatic heterocycles. The van der Waals surface area contributed by atoms with E-state index >= 15 is 0 Å². The van der Waals surface area contributed by atoms with E-state index < -0.39 is 0 Å². The highest BCUT2D eigenvalue weighted by molar-refractivity contribution is 9.09. The molecular formula is C16H16BrFS. The van der Waals surface area contributed by atoms with Gasteiger partial charge in [0.1, 0.15) is 5.82 Å². The molecule has 1 unspecified atom stereocenters. The molecular weight excluding hydrogens is 323 g/mol. The standard InChI is InChI=1S/C16H16BrFS/c17-16(11-6-8-13(18)9-7-11)15-10-12-4-2-1-3-5-14(12)19-15/h6-10,16H,1-5H2. The molecule has 0 aliphatic heterocycles. The lowest BCUT2D eigenvalue weighted by atomic mass is 10.1. The van der Waals surface area contributed by atoms with Crippen molar-refractivity contribution < 1.29 is 4.39 Å². The zero-order chi connectivity index (χ0) is 13.2. The Morgan fingerprint density at radius 1 is 1.05 bits per heavy atom. The maximum absolute atomic E-state index is 13.0. The summed E-state index contributed by atoms with van der Waals surface area (Å²) in [5, 5.41) is 0. The van der Waals surface area contributed by atoms with Crippen molar-refractivity contribution in [1.82, 2.24) is 0 Å². The van der Waals surface area contributed by atoms with E-state index in [4.69, 9.17) is 0 Å². The van der Waals surface area contributed by atoms with Gasteiger partial charge in [0.15, 0.2) is 0 Å². The van der Waals surface area contributed by atoms with Crippen LogP contribution < -0.4 is 0 Å². The molecule has 0 saturated carbocycles. The Bertz CT molecular complexity index is 535. The molecule has 100 valence electrons. The summed E-state index contributed by atoms with van der Waals surface area (Å²) < 4.78 is 13.0. The number of fused-ring (bicyclic) bond motifs is 1. The van der Waals surface area contributed by atoms with Crippen LogP contribution in [-0.2, 0) is 12.8 Å². The molecule has 0 fully saturated rings. The molecule has 0 N–H and O–H groups in total. The Balaban J connectivity index is 1.87. The second-order valence-electron chi connectivity index (χ2n) is 5.07. The molecule has 0 spiro atoms. The van der Waals surface area contributed by atoms with Crippen LogP contribution in [0.3, 0.4) is 0 Å². The molecule has 3 rings (SSSR count). The van der Waals surface area contributed by atoms with Gasteiger partial charge in [0.2, 0.25) is 0 Å². The summed E-state index contributed by atoms with van der Waals surface area (Å²) in [4.78, 5) is 3.09. The summed E-state index contributed by atoms with van der Waals surface area (Å²) >= 11 is 5.67. The van der Waals surface area contributed by atoms with E-state index in [0.717, 1.165) is 5.56 Å². The van der Waals surface area contributed by atoms with Crippen molar-refractivity contribution in [3.63, 3.8) is 0 Å². The number of thiophene rings is 1. The van der Waals surface area contributed by atoms with Crippen LogP contribution in [0, 0.1) is 5.82 Å². The van der Waals surface area contributed by atoms with Gasteiger partial charge in [-0.2, -0.15) is 0 Å². The van der Waals surface area contributed by atoms with E-state index in [2.05, 4.69) is 22.0 Å². The van der Waals surface area contributed by atoms with E-state index in [9.17, 15) is 4.39 Å². The fraction of sp³-hybridized carbons (Fsp3) is 0.375. The fourth-order valence-corrected chi connectivity index (χ4v) is 4.59. The Labute approximate surface area is 125 Å². The number of aryl methyl sites for hydroxylation is 2. The van der Waals surface area contributed by atoms with Gasteiger partial charge >= 0.3 is 0 Å². The van der Waals surface area contributed by atoms with Gasteiger partial charge in [-0.25, -0.2) is 4.39 Å². The largest absolute Gasteiger partial charge is 0.207 e. The average Bonchev–Trinajstić information content (AvgIpc) is 2.70. The Hall–Kier alpha value is -0.670. The minimum Gasteiger partial charge on any atom is -0.207 e. The SMILES string of the molecule is Fc1ccc(C(Br)c2cc3c(s2)CCCCC3)cc1. The normalized spacial score (nSPS) is 16.7. The first-order valence-corrected chi connectivity index (χ1v) is 8.48. The highest BCUT2D eigenvalue weighted by Crippen LogP contribution is 2.39. The molecule has 0 radical (unpaired) electrons. The summed E-state index contributed by atoms with van der Waals surface area (Å²) in [5.74, 6) is -0.176. The molecule has 19 heavy (non-hydrogen) atoms. The lowest BCUT2D eigenvalue weighted by molar-refractivity contribution is 0.627. The minimum absolute atomic E-state index is 0.176. The highest BCUT2D eigenvalue weighted by atomic mass is 79.9. The average molecular weight is 339 g/mol. The molecule has 0 bridgehead atoms. The number of hydrogen-bond donors (Lipinski definition) is 0. The van der Waals surface area contributed by atoms with Crippen molar-refractivity contribution in [1.29, 1.82) is 0 Å². The van der Waals surface area contributed by atoms with Gasteiger partial charge in [0, 0.05) is 9.75 Å². The summed E-state index contributed by atoms with van der Waals surface area (Å²) in [6.07, 6.45) is 6.42. The van der Waals surface area contributed by atoms with Crippen molar-refractivity contribution >= 4 is 27.3 Å². The molecule has 1 aliphatic carbocycles. The topological polar surface area (TPSA) is 0 Å². The van der Waals surface area contributed by atoms with Gasteiger partial charge in [-0.3, -0.25) is 0 Å². The van der Waals surface area contributed by atoms with Crippen LogP contribution >= 0.6 is 27.3 Å². The third-order valence-electron chi connectivity index (χ3n) is 3.68. The summed E-state index contributed by atoms with van der Waals surface area (Å²) in [6, 6.07) is 9.12. The van der Waals surface area contributed by atoms with Crippen LogP contribution in [0.1, 0.15) is 45.0 Å². The van der Waals surface area contributed by atoms with Gasteiger partial charge in [-0.05, 0) is 55.0 Å². The van der Waals surface area contributed by atoms with Gasteiger partial charge in [0.25, 0.3) is 0 Å². The highest BCUT2D eigenvalue weighted by Gasteiger charge is 2.18. The van der Waals surface area contributed by atoms with Crippen LogP contribution in [0.5, 0.6) is 0 Å². The van der Waals surface area contributed by atoms with Gasteiger partial charge in [0.05, 0.1) is 4.83 Å². The van der Waals surface area contributed by atoms with Crippen LogP contribution in [0.4, 0.5) is 4.39 Å². The molecule has 0 saturated heterocycles. The maximum Gasteiger partial charge on any atom is 0.123 e. The molecule has 3 heteroatoms. The number of alkyl halides is 1. The maximum atomic E-state index is 13.0. The van der Waals surface area contributed by atoms with Crippen molar-refractivity contribution in [2.75, 3.05) is 0 Å². The van der Waals surface area contributed by atoms with Gasteiger partial charge in [-0.15, -0.1) is 11.3 Å². The van der Waals surface area contributed by atoms with E-state index in [-0.39, 0.29) is 10.6 Å². The summed E-state index contributed by atoms with van der Waals surface area (Å²) in [6.45, 7) is 0. The zero-order valence-electron chi connectivity index (χ0n) is 10.7. The number of benzene rings is 1. The first kappa shape index (κ1) is 13.3. The van der Waals surface area contributed by atoms with Gasteiger partial charge in [-0.1, -0.05) is 34.5 Å². The molecule has 1 atom stereocenters. The minimum atomic E-state index is -0.176. The Morgan fingerprint density at radius 2 is 1.79 bits per heavy atom. The molecule has 1 heterocycles. The van der Waals surface area contributed by atoms with Crippen molar-refractivity contribution in [2.24, 2.45) is 0 Å². The zero-order valence-corrected chi connectivity index (χ0v) is 13.1. The molecule has 1 aromatic carbocycles. The molecule has 2 aromatic rings. The second kappa shape index (κ2) is 5.76. The Kier molecular flexibility index (Phi) is 4.04.